The summed E-state index contributed by atoms with van der Waals surface area (Å²) in [6.45, 7) is 4.59. The summed E-state index contributed by atoms with van der Waals surface area (Å²) in [5.74, 6) is -1.23. The number of carboxylic acid groups (broad SMARTS) is 1. The van der Waals surface area contributed by atoms with Crippen LogP contribution in [0, 0.1) is 11.3 Å². The molecule has 1 aliphatic rings. The van der Waals surface area contributed by atoms with E-state index in [0.717, 1.165) is 16.8 Å². The molecule has 0 fully saturated rings. The van der Waals surface area contributed by atoms with Crippen LogP contribution in [0.25, 0.3) is 66.9 Å². The lowest BCUT2D eigenvalue weighted by Gasteiger charge is -2.22. The van der Waals surface area contributed by atoms with Gasteiger partial charge in [-0.2, -0.15) is 5.26 Å². The molecule has 0 saturated heterocycles. The summed E-state index contributed by atoms with van der Waals surface area (Å²) in [4.78, 5) is 11.2. The molecule has 8 rings (SSSR count). The highest BCUT2D eigenvalue weighted by Crippen LogP contribution is 2.51. The zero-order chi connectivity index (χ0) is 32.3. The molecule has 0 amide bonds. The molecule has 224 valence electrons. The Hall–Kier alpha value is -6.18. The highest BCUT2D eigenvalue weighted by atomic mass is 16.4. The fourth-order valence-electron chi connectivity index (χ4n) is 7.18. The molecular formula is C43H30N2O2. The normalized spacial score (nSPS) is 13.3. The van der Waals surface area contributed by atoms with Gasteiger partial charge in [0.2, 0.25) is 0 Å². The number of benzene rings is 6. The summed E-state index contributed by atoms with van der Waals surface area (Å²) in [5, 5.41) is 20.8. The number of fused-ring (bicyclic) bond motifs is 6. The van der Waals surface area contributed by atoms with Gasteiger partial charge in [0.25, 0.3) is 0 Å². The summed E-state index contributed by atoms with van der Waals surface area (Å²) in [7, 11) is 0. The third kappa shape index (κ3) is 4.56. The van der Waals surface area contributed by atoms with Crippen molar-refractivity contribution in [3.05, 3.63) is 156 Å². The molecule has 1 aliphatic carbocycles. The van der Waals surface area contributed by atoms with Crippen molar-refractivity contribution in [2.75, 3.05) is 0 Å². The first-order valence-electron chi connectivity index (χ1n) is 15.7. The molecular weight excluding hydrogens is 576 g/mol. The third-order valence-corrected chi connectivity index (χ3v) is 9.60. The predicted molar refractivity (Wildman–Crippen MR) is 190 cm³/mol. The van der Waals surface area contributed by atoms with Crippen LogP contribution in [0.3, 0.4) is 0 Å². The zero-order valence-corrected chi connectivity index (χ0v) is 26.0. The second-order valence-corrected chi connectivity index (χ2v) is 12.7. The number of nitriles is 1. The number of hydrogen-bond donors (Lipinski definition) is 1. The van der Waals surface area contributed by atoms with Gasteiger partial charge in [0.15, 0.2) is 0 Å². The van der Waals surface area contributed by atoms with Crippen LogP contribution in [0.1, 0.15) is 30.5 Å². The van der Waals surface area contributed by atoms with E-state index < -0.39 is 5.97 Å². The van der Waals surface area contributed by atoms with Crippen molar-refractivity contribution >= 4 is 33.9 Å². The minimum Gasteiger partial charge on any atom is -0.477 e. The summed E-state index contributed by atoms with van der Waals surface area (Å²) < 4.78 is 2.35. The first kappa shape index (κ1) is 28.3. The molecule has 0 saturated carbocycles. The van der Waals surface area contributed by atoms with Crippen molar-refractivity contribution in [1.29, 1.82) is 5.26 Å². The van der Waals surface area contributed by atoms with Crippen LogP contribution >= 0.6 is 0 Å². The minimum absolute atomic E-state index is 0.198. The lowest BCUT2D eigenvalue weighted by molar-refractivity contribution is -0.132. The molecule has 4 nitrogen and oxygen atoms in total. The Kier molecular flexibility index (Phi) is 6.46. The summed E-state index contributed by atoms with van der Waals surface area (Å²) in [6, 6.07) is 48.9. The Morgan fingerprint density at radius 3 is 1.87 bits per heavy atom. The first-order chi connectivity index (χ1) is 22.8. The van der Waals surface area contributed by atoms with Gasteiger partial charge in [0.1, 0.15) is 11.6 Å². The second kappa shape index (κ2) is 10.7. The van der Waals surface area contributed by atoms with E-state index in [0.29, 0.717) is 5.56 Å². The van der Waals surface area contributed by atoms with E-state index in [1.54, 1.807) is 6.07 Å². The fourth-order valence-corrected chi connectivity index (χ4v) is 7.18. The minimum atomic E-state index is -1.23. The van der Waals surface area contributed by atoms with Gasteiger partial charge in [-0.15, -0.1) is 0 Å². The van der Waals surface area contributed by atoms with Crippen LogP contribution in [0.5, 0.6) is 0 Å². The van der Waals surface area contributed by atoms with Crippen molar-refractivity contribution in [2.24, 2.45) is 0 Å². The molecule has 1 N–H and O–H groups in total. The Morgan fingerprint density at radius 1 is 0.660 bits per heavy atom. The van der Waals surface area contributed by atoms with Gasteiger partial charge in [-0.25, -0.2) is 4.79 Å². The predicted octanol–water partition coefficient (Wildman–Crippen LogP) is 10.4. The molecule has 6 aromatic carbocycles. The number of aliphatic carboxylic acids is 1. The number of hydrogen-bond acceptors (Lipinski definition) is 2. The number of rotatable bonds is 5. The number of carbonyl (C=O) groups is 1. The van der Waals surface area contributed by atoms with Gasteiger partial charge in [-0.3, -0.25) is 0 Å². The first-order valence-corrected chi connectivity index (χ1v) is 15.7. The van der Waals surface area contributed by atoms with Crippen LogP contribution in [-0.4, -0.2) is 15.6 Å². The van der Waals surface area contributed by atoms with Gasteiger partial charge in [0.05, 0.1) is 11.0 Å². The highest BCUT2D eigenvalue weighted by Gasteiger charge is 2.36. The van der Waals surface area contributed by atoms with Gasteiger partial charge >= 0.3 is 5.97 Å². The van der Waals surface area contributed by atoms with Gasteiger partial charge in [-0.05, 0) is 98.6 Å². The average Bonchev–Trinajstić information content (AvgIpc) is 3.55. The van der Waals surface area contributed by atoms with Crippen LogP contribution in [-0.2, 0) is 10.2 Å². The fraction of sp³-hybridized carbons (Fsp3) is 0.0698. The van der Waals surface area contributed by atoms with Gasteiger partial charge in [-0.1, -0.05) is 105 Å². The SMILES string of the molecule is CC1(C)c2cc(-c3ccc(/C=C(\C#N)C(=O)O)cc3)ccc2-c2ccc(-c3ccc4c(c3)c3ccccc3n4-c3ccccc3)cc21. The maximum absolute atomic E-state index is 11.2. The molecule has 47 heavy (non-hydrogen) atoms. The van der Waals surface area contributed by atoms with Crippen molar-refractivity contribution in [3.8, 4) is 45.1 Å². The Morgan fingerprint density at radius 2 is 1.21 bits per heavy atom. The molecule has 0 spiro atoms. The molecule has 0 aliphatic heterocycles. The van der Waals surface area contributed by atoms with Crippen molar-refractivity contribution in [1.82, 2.24) is 4.57 Å². The van der Waals surface area contributed by atoms with Gasteiger partial charge < -0.3 is 9.67 Å². The van der Waals surface area contributed by atoms with E-state index in [1.807, 2.05) is 24.3 Å². The zero-order valence-electron chi connectivity index (χ0n) is 26.0. The second-order valence-electron chi connectivity index (χ2n) is 12.7. The standard InChI is InChI=1S/C43H30N2O2/c1-43(2)38-24-30(28-14-12-27(13-15-28)22-32(26-44)42(46)47)16-19-34(38)35-20-17-31(25-39(35)43)29-18-21-41-37(23-29)36-10-6-7-11-40(36)45(41)33-8-4-3-5-9-33/h3-25H,1-2H3,(H,46,47)/b32-22+. The molecule has 7 aromatic rings. The van der Waals surface area contributed by atoms with E-state index in [1.165, 1.54) is 61.3 Å². The molecule has 1 heterocycles. The van der Waals surface area contributed by atoms with Crippen LogP contribution in [0.4, 0.5) is 0 Å². The lowest BCUT2D eigenvalue weighted by atomic mass is 9.81. The number of para-hydroxylation sites is 2. The lowest BCUT2D eigenvalue weighted by Crippen LogP contribution is -2.15. The van der Waals surface area contributed by atoms with Crippen molar-refractivity contribution < 1.29 is 9.90 Å². The van der Waals surface area contributed by atoms with E-state index >= 15 is 0 Å². The molecule has 0 bridgehead atoms. The monoisotopic (exact) mass is 606 g/mol. The third-order valence-electron chi connectivity index (χ3n) is 9.60. The van der Waals surface area contributed by atoms with E-state index in [2.05, 4.69) is 128 Å². The Labute approximate surface area is 273 Å². The van der Waals surface area contributed by atoms with Crippen molar-refractivity contribution in [3.63, 3.8) is 0 Å². The van der Waals surface area contributed by atoms with Crippen molar-refractivity contribution in [2.45, 2.75) is 19.3 Å². The largest absolute Gasteiger partial charge is 0.477 e. The quantitative estimate of drug-likeness (QED) is 0.157. The summed E-state index contributed by atoms with van der Waals surface area (Å²) in [5.41, 5.74) is 13.4. The number of carboxylic acids is 1. The Bertz CT molecular complexity index is 2460. The molecule has 1 aromatic heterocycles. The molecule has 0 atom stereocenters. The number of aromatic nitrogens is 1. The summed E-state index contributed by atoms with van der Waals surface area (Å²) >= 11 is 0. The topological polar surface area (TPSA) is 66.0 Å². The Balaban J connectivity index is 1.17. The average molecular weight is 607 g/mol. The van der Waals surface area contributed by atoms with Crippen LogP contribution in [0.15, 0.2) is 139 Å². The highest BCUT2D eigenvalue weighted by molar-refractivity contribution is 6.10. The van der Waals surface area contributed by atoms with E-state index in [4.69, 9.17) is 5.26 Å². The van der Waals surface area contributed by atoms with Gasteiger partial charge in [0, 0.05) is 21.9 Å². The maximum atomic E-state index is 11.2. The summed E-state index contributed by atoms with van der Waals surface area (Å²) in [6.07, 6.45) is 1.39. The van der Waals surface area contributed by atoms with E-state index in [-0.39, 0.29) is 11.0 Å². The smallest absolute Gasteiger partial charge is 0.346 e. The number of nitrogens with zero attached hydrogens (tertiary/aromatic N) is 2. The molecule has 4 heteroatoms. The van der Waals surface area contributed by atoms with Crippen LogP contribution in [0.2, 0.25) is 0 Å². The van der Waals surface area contributed by atoms with Crippen LogP contribution < -0.4 is 0 Å². The van der Waals surface area contributed by atoms with E-state index in [9.17, 15) is 9.90 Å². The molecule has 0 radical (unpaired) electrons. The maximum Gasteiger partial charge on any atom is 0.346 e. The molecule has 0 unspecified atom stereocenters.